The molecule has 1 unspecified atom stereocenters. The van der Waals surface area contributed by atoms with Gasteiger partial charge in [-0.3, -0.25) is 13.6 Å². The lowest BCUT2D eigenvalue weighted by Gasteiger charge is -2.14. The molecule has 0 saturated heterocycles. The first-order valence-corrected chi connectivity index (χ1v) is 5.78. The largest absolute Gasteiger partial charge is 0.480 e. The van der Waals surface area contributed by atoms with E-state index >= 15 is 0 Å². The van der Waals surface area contributed by atoms with Crippen LogP contribution in [0.2, 0.25) is 0 Å². The summed E-state index contributed by atoms with van der Waals surface area (Å²) in [5, 5.41) is 8.27. The number of phosphoric ester groups is 1. The van der Waals surface area contributed by atoms with Gasteiger partial charge in [0, 0.05) is 5.88 Å². The summed E-state index contributed by atoms with van der Waals surface area (Å²) in [7, 11) is -4.00. The van der Waals surface area contributed by atoms with Crippen LogP contribution in [0.5, 0.6) is 0 Å². The standard InChI is InChI=1S/C6H10ClO7P/c7-1-3-12-15(11,13-4-2-8)14-5-6(9)10/h2H,1,3-5H2,(H,9,10). The molecule has 0 aromatic carbocycles. The van der Waals surface area contributed by atoms with Gasteiger partial charge in [0.25, 0.3) is 0 Å². The minimum absolute atomic E-state index is 0.0326. The van der Waals surface area contributed by atoms with Crippen molar-refractivity contribution in [2.75, 3.05) is 25.7 Å². The first-order chi connectivity index (χ1) is 7.04. The van der Waals surface area contributed by atoms with Gasteiger partial charge in [0.2, 0.25) is 0 Å². The summed E-state index contributed by atoms with van der Waals surface area (Å²) in [4.78, 5) is 20.1. The van der Waals surface area contributed by atoms with E-state index in [0.29, 0.717) is 6.29 Å². The van der Waals surface area contributed by atoms with Gasteiger partial charge in [0.1, 0.15) is 12.9 Å². The summed E-state index contributed by atoms with van der Waals surface area (Å²) < 4.78 is 24.9. The number of carboxylic acid groups (broad SMARTS) is 1. The molecule has 0 rings (SSSR count). The molecule has 0 bridgehead atoms. The van der Waals surface area contributed by atoms with Crippen molar-refractivity contribution in [3.63, 3.8) is 0 Å². The number of hydrogen-bond donors (Lipinski definition) is 1. The predicted molar refractivity (Wildman–Crippen MR) is 49.9 cm³/mol. The van der Waals surface area contributed by atoms with E-state index in [0.717, 1.165) is 0 Å². The third kappa shape index (κ3) is 7.47. The molecule has 0 radical (unpaired) electrons. The number of aldehydes is 1. The van der Waals surface area contributed by atoms with Crippen LogP contribution in [0.25, 0.3) is 0 Å². The molecule has 0 aliphatic carbocycles. The van der Waals surface area contributed by atoms with E-state index in [1.54, 1.807) is 0 Å². The van der Waals surface area contributed by atoms with Crippen LogP contribution in [0.15, 0.2) is 0 Å². The maximum Gasteiger partial charge on any atom is 0.475 e. The van der Waals surface area contributed by atoms with Gasteiger partial charge in [-0.05, 0) is 0 Å². The average molecular weight is 261 g/mol. The minimum atomic E-state index is -4.00. The van der Waals surface area contributed by atoms with Crippen molar-refractivity contribution in [2.24, 2.45) is 0 Å². The first-order valence-electron chi connectivity index (χ1n) is 3.79. The fraction of sp³-hybridized carbons (Fsp3) is 0.667. The van der Waals surface area contributed by atoms with Gasteiger partial charge in [0.05, 0.1) is 6.61 Å². The van der Waals surface area contributed by atoms with Crippen LogP contribution in [-0.4, -0.2) is 43.1 Å². The number of rotatable bonds is 9. The zero-order valence-electron chi connectivity index (χ0n) is 7.63. The van der Waals surface area contributed by atoms with Gasteiger partial charge < -0.3 is 9.90 Å². The smallest absolute Gasteiger partial charge is 0.475 e. The molecule has 7 nitrogen and oxygen atoms in total. The number of carbonyl (C=O) groups is 2. The summed E-state index contributed by atoms with van der Waals surface area (Å²) in [6, 6.07) is 0. The van der Waals surface area contributed by atoms with Gasteiger partial charge in [-0.15, -0.1) is 11.6 Å². The highest BCUT2D eigenvalue weighted by Gasteiger charge is 2.27. The molecule has 15 heavy (non-hydrogen) atoms. The zero-order valence-corrected chi connectivity index (χ0v) is 9.28. The highest BCUT2D eigenvalue weighted by molar-refractivity contribution is 7.48. The number of alkyl halides is 1. The molecular formula is C6H10ClO7P. The van der Waals surface area contributed by atoms with Crippen LogP contribution in [0.3, 0.4) is 0 Å². The monoisotopic (exact) mass is 260 g/mol. The SMILES string of the molecule is O=CCOP(=O)(OCCCl)OCC(=O)O. The normalized spacial score (nSPS) is 14.5. The highest BCUT2D eigenvalue weighted by atomic mass is 35.5. The van der Waals surface area contributed by atoms with Gasteiger partial charge in [-0.25, -0.2) is 9.36 Å². The van der Waals surface area contributed by atoms with E-state index in [-0.39, 0.29) is 12.5 Å². The molecule has 0 fully saturated rings. The number of hydrogen-bond acceptors (Lipinski definition) is 6. The minimum Gasteiger partial charge on any atom is -0.480 e. The lowest BCUT2D eigenvalue weighted by atomic mass is 10.8. The predicted octanol–water partition coefficient (Wildman–Crippen LogP) is 0.667. The van der Waals surface area contributed by atoms with Crippen molar-refractivity contribution in [2.45, 2.75) is 0 Å². The summed E-state index contributed by atoms with van der Waals surface area (Å²) >= 11 is 5.26. The molecule has 0 heterocycles. The molecule has 0 saturated carbocycles. The Morgan fingerprint density at radius 3 is 2.53 bits per heavy atom. The molecule has 0 amide bonds. The number of phosphoric acid groups is 1. The molecule has 0 aliphatic heterocycles. The molecule has 0 aromatic rings. The number of halogens is 1. The van der Waals surface area contributed by atoms with Crippen molar-refractivity contribution in [3.8, 4) is 0 Å². The van der Waals surface area contributed by atoms with E-state index < -0.39 is 27.0 Å². The molecule has 0 aliphatic rings. The van der Waals surface area contributed by atoms with Crippen LogP contribution in [0.1, 0.15) is 0 Å². The lowest BCUT2D eigenvalue weighted by molar-refractivity contribution is -0.140. The maximum atomic E-state index is 11.5. The first kappa shape index (κ1) is 14.5. The third-order valence-corrected chi connectivity index (χ3v) is 2.54. The molecule has 1 atom stereocenters. The Morgan fingerprint density at radius 1 is 1.40 bits per heavy atom. The molecule has 9 heteroatoms. The molecule has 0 spiro atoms. The van der Waals surface area contributed by atoms with E-state index in [9.17, 15) is 14.2 Å². The topological polar surface area (TPSA) is 99.1 Å². The number of carbonyl (C=O) groups excluding carboxylic acids is 1. The molecule has 88 valence electrons. The van der Waals surface area contributed by atoms with Crippen LogP contribution >= 0.6 is 19.4 Å². The number of carboxylic acids is 1. The molecule has 0 aromatic heterocycles. The van der Waals surface area contributed by atoms with Crippen molar-refractivity contribution >= 4 is 31.7 Å². The Bertz CT molecular complexity index is 256. The fourth-order valence-electron chi connectivity index (χ4n) is 0.514. The second-order valence-electron chi connectivity index (χ2n) is 2.10. The second-order valence-corrected chi connectivity index (χ2v) is 4.15. The van der Waals surface area contributed by atoms with E-state index in [1.807, 2.05) is 0 Å². The number of aliphatic carboxylic acids is 1. The summed E-state index contributed by atoms with van der Waals surface area (Å²) in [5.74, 6) is -1.30. The van der Waals surface area contributed by atoms with E-state index in [4.69, 9.17) is 16.7 Å². The summed E-state index contributed by atoms with van der Waals surface area (Å²) in [6.45, 7) is -1.51. The van der Waals surface area contributed by atoms with Crippen molar-refractivity contribution in [1.29, 1.82) is 0 Å². The highest BCUT2D eigenvalue weighted by Crippen LogP contribution is 2.48. The molecular weight excluding hydrogens is 250 g/mol. The van der Waals surface area contributed by atoms with Gasteiger partial charge in [0.15, 0.2) is 6.61 Å². The van der Waals surface area contributed by atoms with Gasteiger partial charge in [-0.1, -0.05) is 0 Å². The van der Waals surface area contributed by atoms with Crippen LogP contribution in [-0.2, 0) is 27.7 Å². The Kier molecular flexibility index (Phi) is 7.54. The summed E-state index contributed by atoms with van der Waals surface area (Å²) in [6.07, 6.45) is 0.334. The summed E-state index contributed by atoms with van der Waals surface area (Å²) in [5.41, 5.74) is 0. The average Bonchev–Trinajstić information content (AvgIpc) is 2.21. The van der Waals surface area contributed by atoms with E-state index in [2.05, 4.69) is 13.6 Å². The van der Waals surface area contributed by atoms with Gasteiger partial charge >= 0.3 is 13.8 Å². The van der Waals surface area contributed by atoms with Crippen LogP contribution < -0.4 is 0 Å². The van der Waals surface area contributed by atoms with Crippen molar-refractivity contribution in [3.05, 3.63) is 0 Å². The van der Waals surface area contributed by atoms with Crippen molar-refractivity contribution in [1.82, 2.24) is 0 Å². The van der Waals surface area contributed by atoms with Crippen LogP contribution in [0.4, 0.5) is 0 Å². The quantitative estimate of drug-likeness (QED) is 0.369. The fourth-order valence-corrected chi connectivity index (χ4v) is 1.75. The Balaban J connectivity index is 4.19. The Labute approximate surface area is 90.9 Å². The van der Waals surface area contributed by atoms with Gasteiger partial charge in [-0.2, -0.15) is 0 Å². The third-order valence-electron chi connectivity index (χ3n) is 0.973. The van der Waals surface area contributed by atoms with E-state index in [1.165, 1.54) is 0 Å². The lowest BCUT2D eigenvalue weighted by Crippen LogP contribution is -2.10. The Morgan fingerprint density at radius 2 is 2.07 bits per heavy atom. The zero-order chi connectivity index (χ0) is 11.7. The van der Waals surface area contributed by atoms with Crippen LogP contribution in [0, 0.1) is 0 Å². The maximum absolute atomic E-state index is 11.5. The Hall–Kier alpha value is -0.460. The molecule has 1 N–H and O–H groups in total. The van der Waals surface area contributed by atoms with Crippen molar-refractivity contribution < 1.29 is 32.8 Å². The second kappa shape index (κ2) is 7.78.